The lowest BCUT2D eigenvalue weighted by molar-refractivity contribution is -0.131. The second-order valence-electron chi connectivity index (χ2n) is 6.52. The monoisotopic (exact) mass is 343 g/mol. The summed E-state index contributed by atoms with van der Waals surface area (Å²) in [6.45, 7) is 5.75. The van der Waals surface area contributed by atoms with Crippen molar-refractivity contribution in [3.05, 3.63) is 35.9 Å². The maximum absolute atomic E-state index is 12.5. The molecule has 2 aromatic heterocycles. The molecule has 4 rings (SSSR count). The van der Waals surface area contributed by atoms with Gasteiger partial charge in [-0.05, 0) is 29.5 Å². The van der Waals surface area contributed by atoms with Gasteiger partial charge in [0.2, 0.25) is 5.91 Å². The van der Waals surface area contributed by atoms with Gasteiger partial charge in [0, 0.05) is 31.9 Å². The molecule has 2 fully saturated rings. The summed E-state index contributed by atoms with van der Waals surface area (Å²) < 4.78 is 7.35. The number of hydrogen-bond donors (Lipinski definition) is 0. The normalized spacial score (nSPS) is 23.6. The molecule has 0 N–H and O–H groups in total. The zero-order valence-corrected chi connectivity index (χ0v) is 14.2. The average molecular weight is 343 g/mol. The fourth-order valence-electron chi connectivity index (χ4n) is 3.55. The maximum atomic E-state index is 12.5. The largest absolute Gasteiger partial charge is 0.373 e. The van der Waals surface area contributed by atoms with Crippen LogP contribution in [0.5, 0.6) is 0 Å². The summed E-state index contributed by atoms with van der Waals surface area (Å²) in [6, 6.07) is 6.29. The minimum absolute atomic E-state index is 0.0129. The molecule has 9 heteroatoms. The molecule has 25 heavy (non-hydrogen) atoms. The van der Waals surface area contributed by atoms with Crippen LogP contribution < -0.4 is 0 Å². The quantitative estimate of drug-likeness (QED) is 0.738. The van der Waals surface area contributed by atoms with Crippen molar-refractivity contribution in [2.45, 2.75) is 32.2 Å². The number of hydrogen-bond acceptors (Lipinski definition) is 7. The van der Waals surface area contributed by atoms with Crippen molar-refractivity contribution in [1.82, 2.24) is 35.0 Å². The number of likely N-dealkylation sites (tertiary alicyclic amines) is 1. The van der Waals surface area contributed by atoms with E-state index >= 15 is 0 Å². The number of fused-ring (bicyclic) bond motifs is 1. The van der Waals surface area contributed by atoms with E-state index < -0.39 is 0 Å². The van der Waals surface area contributed by atoms with Gasteiger partial charge >= 0.3 is 0 Å². The molecule has 0 radical (unpaired) electrons. The summed E-state index contributed by atoms with van der Waals surface area (Å²) >= 11 is 0. The third-order valence-corrected chi connectivity index (χ3v) is 4.77. The second kappa shape index (κ2) is 6.85. The van der Waals surface area contributed by atoms with E-state index in [9.17, 15) is 4.79 Å². The molecule has 132 valence electrons. The molecular weight excluding hydrogens is 322 g/mol. The molecule has 0 spiro atoms. The van der Waals surface area contributed by atoms with Gasteiger partial charge < -0.3 is 9.64 Å². The predicted molar refractivity (Wildman–Crippen MR) is 87.3 cm³/mol. The first-order chi connectivity index (χ1) is 12.2. The van der Waals surface area contributed by atoms with Crippen molar-refractivity contribution < 1.29 is 9.53 Å². The SMILES string of the molecule is Cc1cccc(CN2CCO[C@H]3CN(C(=O)Cn4cnnn4)C[C@@H]32)n1. The van der Waals surface area contributed by atoms with Crippen LogP contribution in [0.2, 0.25) is 0 Å². The van der Waals surface area contributed by atoms with Crippen molar-refractivity contribution >= 4 is 5.91 Å². The molecule has 2 aromatic rings. The van der Waals surface area contributed by atoms with Crippen molar-refractivity contribution in [2.75, 3.05) is 26.2 Å². The predicted octanol–water partition coefficient (Wildman–Crippen LogP) is -0.512. The van der Waals surface area contributed by atoms with E-state index in [1.165, 1.54) is 11.0 Å². The molecule has 0 unspecified atom stereocenters. The van der Waals surface area contributed by atoms with Crippen LogP contribution in [0.25, 0.3) is 0 Å². The van der Waals surface area contributed by atoms with Gasteiger partial charge in [-0.2, -0.15) is 0 Å². The lowest BCUT2D eigenvalue weighted by atomic mass is 10.1. The lowest BCUT2D eigenvalue weighted by Gasteiger charge is -2.36. The van der Waals surface area contributed by atoms with Crippen LogP contribution in [0.15, 0.2) is 24.5 Å². The standard InChI is InChI=1S/C16H21N7O2/c1-12-3-2-4-13(18-12)7-21-5-6-25-15-9-22(8-14(15)21)16(24)10-23-11-17-19-20-23/h2-4,11,14-15H,5-10H2,1H3/t14-,15-/m0/s1. The fraction of sp³-hybridized carbons (Fsp3) is 0.562. The number of morpholine rings is 1. The molecule has 0 aliphatic carbocycles. The fourth-order valence-corrected chi connectivity index (χ4v) is 3.55. The highest BCUT2D eigenvalue weighted by molar-refractivity contribution is 5.76. The molecule has 2 aliphatic heterocycles. The number of rotatable bonds is 4. The Bertz CT molecular complexity index is 736. The van der Waals surface area contributed by atoms with Crippen molar-refractivity contribution in [2.24, 2.45) is 0 Å². The third-order valence-electron chi connectivity index (χ3n) is 4.77. The number of nitrogens with zero attached hydrogens (tertiary/aromatic N) is 7. The first kappa shape index (κ1) is 16.1. The summed E-state index contributed by atoms with van der Waals surface area (Å²) in [7, 11) is 0. The van der Waals surface area contributed by atoms with E-state index in [1.54, 1.807) is 0 Å². The molecule has 0 bridgehead atoms. The van der Waals surface area contributed by atoms with Crippen LogP contribution in [0.4, 0.5) is 0 Å². The second-order valence-corrected chi connectivity index (χ2v) is 6.52. The van der Waals surface area contributed by atoms with E-state index in [1.807, 2.05) is 30.0 Å². The Balaban J connectivity index is 1.42. The summed E-state index contributed by atoms with van der Waals surface area (Å²) in [6.07, 6.45) is 1.50. The zero-order chi connectivity index (χ0) is 17.2. The van der Waals surface area contributed by atoms with Gasteiger partial charge in [-0.15, -0.1) is 5.10 Å². The van der Waals surface area contributed by atoms with Crippen LogP contribution in [-0.2, 0) is 22.6 Å². The Morgan fingerprint density at radius 2 is 2.28 bits per heavy atom. The number of ether oxygens (including phenoxy) is 1. The first-order valence-electron chi connectivity index (χ1n) is 8.46. The Morgan fingerprint density at radius 3 is 3.08 bits per heavy atom. The summed E-state index contributed by atoms with van der Waals surface area (Å²) in [5, 5.41) is 10.9. The highest BCUT2D eigenvalue weighted by atomic mass is 16.5. The summed E-state index contributed by atoms with van der Waals surface area (Å²) in [5.41, 5.74) is 2.08. The van der Waals surface area contributed by atoms with E-state index in [2.05, 4.69) is 25.4 Å². The van der Waals surface area contributed by atoms with Gasteiger partial charge in [-0.1, -0.05) is 6.07 Å². The van der Waals surface area contributed by atoms with Gasteiger partial charge in [-0.25, -0.2) is 4.68 Å². The highest BCUT2D eigenvalue weighted by Gasteiger charge is 2.41. The molecule has 1 amide bonds. The number of carbonyl (C=O) groups is 1. The molecule has 4 heterocycles. The Kier molecular flexibility index (Phi) is 4.41. The lowest BCUT2D eigenvalue weighted by Crippen LogP contribution is -2.50. The van der Waals surface area contributed by atoms with Gasteiger partial charge in [-0.3, -0.25) is 14.7 Å². The topological polar surface area (TPSA) is 89.3 Å². The average Bonchev–Trinajstić information content (AvgIpc) is 3.24. The van der Waals surface area contributed by atoms with Crippen LogP contribution in [0.3, 0.4) is 0 Å². The van der Waals surface area contributed by atoms with Crippen LogP contribution in [-0.4, -0.2) is 79.3 Å². The smallest absolute Gasteiger partial charge is 0.244 e. The van der Waals surface area contributed by atoms with Crippen molar-refractivity contribution in [3.63, 3.8) is 0 Å². The molecule has 9 nitrogen and oxygen atoms in total. The number of aromatic nitrogens is 5. The first-order valence-corrected chi connectivity index (χ1v) is 8.46. The molecule has 0 saturated carbocycles. The Hall–Kier alpha value is -2.39. The molecular formula is C16H21N7O2. The Labute approximate surface area is 145 Å². The van der Waals surface area contributed by atoms with Crippen molar-refractivity contribution in [3.8, 4) is 0 Å². The van der Waals surface area contributed by atoms with E-state index in [-0.39, 0.29) is 24.6 Å². The highest BCUT2D eigenvalue weighted by Crippen LogP contribution is 2.24. The maximum Gasteiger partial charge on any atom is 0.244 e. The van der Waals surface area contributed by atoms with Crippen LogP contribution >= 0.6 is 0 Å². The molecule has 2 saturated heterocycles. The van der Waals surface area contributed by atoms with E-state index in [0.717, 1.165) is 24.5 Å². The molecule has 2 aliphatic rings. The minimum atomic E-state index is 0.0129. The number of tetrazole rings is 1. The van der Waals surface area contributed by atoms with Crippen molar-refractivity contribution in [1.29, 1.82) is 0 Å². The molecule has 0 aromatic carbocycles. The van der Waals surface area contributed by atoms with Gasteiger partial charge in [0.25, 0.3) is 0 Å². The van der Waals surface area contributed by atoms with Crippen LogP contribution in [0.1, 0.15) is 11.4 Å². The van der Waals surface area contributed by atoms with Gasteiger partial charge in [0.15, 0.2) is 0 Å². The Morgan fingerprint density at radius 1 is 1.36 bits per heavy atom. The summed E-state index contributed by atoms with van der Waals surface area (Å²) in [4.78, 5) is 21.3. The van der Waals surface area contributed by atoms with Gasteiger partial charge in [0.05, 0.1) is 24.4 Å². The van der Waals surface area contributed by atoms with E-state index in [4.69, 9.17) is 4.74 Å². The minimum Gasteiger partial charge on any atom is -0.373 e. The van der Waals surface area contributed by atoms with E-state index in [0.29, 0.717) is 19.7 Å². The number of carbonyl (C=O) groups excluding carboxylic acids is 1. The number of amides is 1. The third kappa shape index (κ3) is 3.52. The summed E-state index contributed by atoms with van der Waals surface area (Å²) in [5.74, 6) is 0.0129. The molecule has 2 atom stereocenters. The van der Waals surface area contributed by atoms with Crippen LogP contribution in [0, 0.1) is 6.92 Å². The number of aryl methyl sites for hydroxylation is 1. The van der Waals surface area contributed by atoms with Gasteiger partial charge in [0.1, 0.15) is 12.9 Å². The zero-order valence-electron chi connectivity index (χ0n) is 14.2. The number of pyridine rings is 1.